The van der Waals surface area contributed by atoms with Gasteiger partial charge in [-0.1, -0.05) is 42.8 Å². The summed E-state index contributed by atoms with van der Waals surface area (Å²) in [5.41, 5.74) is 4.00. The fourth-order valence-electron chi connectivity index (χ4n) is 3.34. The lowest BCUT2D eigenvalue weighted by Crippen LogP contribution is -2.20. The van der Waals surface area contributed by atoms with Crippen molar-refractivity contribution in [3.05, 3.63) is 59.7 Å². The Morgan fingerprint density at radius 2 is 1.93 bits per heavy atom. The van der Waals surface area contributed by atoms with E-state index in [1.54, 1.807) is 0 Å². The quantitative estimate of drug-likeness (QED) is 0.523. The molecule has 0 atom stereocenters. The third-order valence-electron chi connectivity index (χ3n) is 4.83. The minimum Gasteiger partial charge on any atom is -0.484 e. The van der Waals surface area contributed by atoms with Gasteiger partial charge in [0.1, 0.15) is 5.75 Å². The first kappa shape index (κ1) is 18.9. The number of ether oxygens (including phenoxy) is 1. The molecule has 0 aliphatic carbocycles. The van der Waals surface area contributed by atoms with Crippen molar-refractivity contribution < 1.29 is 9.53 Å². The van der Waals surface area contributed by atoms with Gasteiger partial charge in [0, 0.05) is 11.9 Å². The third kappa shape index (κ3) is 3.92. The smallest absolute Gasteiger partial charge is 0.263 e. The summed E-state index contributed by atoms with van der Waals surface area (Å²) >= 11 is 0. The summed E-state index contributed by atoms with van der Waals surface area (Å²) in [7, 11) is 0. The predicted molar refractivity (Wildman–Crippen MR) is 115 cm³/mol. The molecule has 29 heavy (non-hydrogen) atoms. The van der Waals surface area contributed by atoms with Crippen LogP contribution in [0.15, 0.2) is 48.5 Å². The number of nitrogens with one attached hydrogen (secondary N) is 1. The van der Waals surface area contributed by atoms with E-state index in [-0.39, 0.29) is 12.5 Å². The van der Waals surface area contributed by atoms with Crippen LogP contribution in [0, 0.1) is 13.8 Å². The Bertz CT molecular complexity index is 1180. The van der Waals surface area contributed by atoms with Gasteiger partial charge in [-0.05, 0) is 44.0 Å². The molecule has 1 N–H and O–H groups in total. The summed E-state index contributed by atoms with van der Waals surface area (Å²) in [6.07, 6.45) is 0.925. The van der Waals surface area contributed by atoms with E-state index < -0.39 is 0 Å². The SMILES string of the molecule is CCCn1nc(NC(=O)COc2ccc(C)cc2)c2cc3cccc(C)c3nc21. The number of aryl methyl sites for hydroxylation is 3. The maximum absolute atomic E-state index is 12.5. The second-order valence-corrected chi connectivity index (χ2v) is 7.23. The van der Waals surface area contributed by atoms with E-state index in [1.807, 2.05) is 67.1 Å². The highest BCUT2D eigenvalue weighted by molar-refractivity contribution is 6.03. The number of carbonyl (C=O) groups excluding carboxylic acids is 1. The number of amides is 1. The number of para-hydroxylation sites is 1. The van der Waals surface area contributed by atoms with Crippen LogP contribution in [0.5, 0.6) is 5.75 Å². The molecule has 0 aliphatic heterocycles. The number of carbonyl (C=O) groups is 1. The second kappa shape index (κ2) is 7.91. The van der Waals surface area contributed by atoms with Crippen molar-refractivity contribution in [1.29, 1.82) is 0 Å². The number of benzene rings is 2. The fourth-order valence-corrected chi connectivity index (χ4v) is 3.34. The Kier molecular flexibility index (Phi) is 5.16. The van der Waals surface area contributed by atoms with Gasteiger partial charge in [0.15, 0.2) is 18.1 Å². The standard InChI is InChI=1S/C23H24N4O2/c1-4-12-27-23-19(13-17-7-5-6-16(3)21(17)25-23)22(26-27)24-20(28)14-29-18-10-8-15(2)9-11-18/h5-11,13H,4,12,14H2,1-3H3,(H,24,26,28). The zero-order valence-corrected chi connectivity index (χ0v) is 16.9. The molecular formula is C23H24N4O2. The highest BCUT2D eigenvalue weighted by atomic mass is 16.5. The minimum atomic E-state index is -0.252. The molecule has 0 saturated heterocycles. The Hall–Kier alpha value is -3.41. The van der Waals surface area contributed by atoms with Gasteiger partial charge in [-0.15, -0.1) is 0 Å². The van der Waals surface area contributed by atoms with Gasteiger partial charge in [-0.25, -0.2) is 9.67 Å². The molecule has 2 aromatic heterocycles. The molecular weight excluding hydrogens is 364 g/mol. The molecule has 6 heteroatoms. The highest BCUT2D eigenvalue weighted by Crippen LogP contribution is 2.27. The van der Waals surface area contributed by atoms with Crippen LogP contribution in [0.4, 0.5) is 5.82 Å². The molecule has 4 aromatic rings. The molecule has 148 valence electrons. The summed E-state index contributed by atoms with van der Waals surface area (Å²) in [6, 6.07) is 15.7. The highest BCUT2D eigenvalue weighted by Gasteiger charge is 2.16. The van der Waals surface area contributed by atoms with Gasteiger partial charge in [-0.3, -0.25) is 4.79 Å². The van der Waals surface area contributed by atoms with Crippen molar-refractivity contribution in [1.82, 2.24) is 14.8 Å². The van der Waals surface area contributed by atoms with E-state index in [2.05, 4.69) is 17.3 Å². The van der Waals surface area contributed by atoms with Crippen molar-refractivity contribution in [2.75, 3.05) is 11.9 Å². The zero-order valence-electron chi connectivity index (χ0n) is 16.9. The molecule has 6 nitrogen and oxygen atoms in total. The lowest BCUT2D eigenvalue weighted by molar-refractivity contribution is -0.118. The van der Waals surface area contributed by atoms with Gasteiger partial charge in [0.05, 0.1) is 10.9 Å². The predicted octanol–water partition coefficient (Wildman–Crippen LogP) is 4.63. The first-order valence-corrected chi connectivity index (χ1v) is 9.81. The summed E-state index contributed by atoms with van der Waals surface area (Å²) in [5.74, 6) is 0.926. The normalized spacial score (nSPS) is 11.1. The number of aromatic nitrogens is 3. The van der Waals surface area contributed by atoms with Gasteiger partial charge in [0.25, 0.3) is 5.91 Å². The van der Waals surface area contributed by atoms with E-state index in [1.165, 1.54) is 0 Å². The summed E-state index contributed by atoms with van der Waals surface area (Å²) < 4.78 is 7.44. The molecule has 0 bridgehead atoms. The summed E-state index contributed by atoms with van der Waals surface area (Å²) in [6.45, 7) is 6.80. The first-order valence-electron chi connectivity index (χ1n) is 9.81. The molecule has 0 fully saturated rings. The largest absolute Gasteiger partial charge is 0.484 e. The average Bonchev–Trinajstić information content (AvgIpc) is 3.03. The van der Waals surface area contributed by atoms with Crippen molar-refractivity contribution in [2.24, 2.45) is 0 Å². The number of fused-ring (bicyclic) bond motifs is 2. The number of nitrogens with zero attached hydrogens (tertiary/aromatic N) is 3. The Morgan fingerprint density at radius 1 is 1.14 bits per heavy atom. The molecule has 0 radical (unpaired) electrons. The van der Waals surface area contributed by atoms with Crippen LogP contribution in [-0.2, 0) is 11.3 Å². The molecule has 0 saturated carbocycles. The van der Waals surface area contributed by atoms with E-state index in [0.717, 1.165) is 46.0 Å². The lowest BCUT2D eigenvalue weighted by Gasteiger charge is -2.06. The molecule has 0 unspecified atom stereocenters. The molecule has 1 amide bonds. The van der Waals surface area contributed by atoms with Crippen LogP contribution in [0.25, 0.3) is 21.9 Å². The Morgan fingerprint density at radius 3 is 2.69 bits per heavy atom. The van der Waals surface area contributed by atoms with Crippen molar-refractivity contribution in [2.45, 2.75) is 33.7 Å². The van der Waals surface area contributed by atoms with E-state index in [9.17, 15) is 4.79 Å². The fraction of sp³-hybridized carbons (Fsp3) is 0.261. The maximum Gasteiger partial charge on any atom is 0.263 e. The van der Waals surface area contributed by atoms with E-state index in [0.29, 0.717) is 11.6 Å². The van der Waals surface area contributed by atoms with Gasteiger partial charge >= 0.3 is 0 Å². The molecule has 4 rings (SSSR count). The average molecular weight is 388 g/mol. The topological polar surface area (TPSA) is 69.0 Å². The molecule has 2 aromatic carbocycles. The van der Waals surface area contributed by atoms with E-state index >= 15 is 0 Å². The van der Waals surface area contributed by atoms with Crippen LogP contribution >= 0.6 is 0 Å². The summed E-state index contributed by atoms with van der Waals surface area (Å²) in [5, 5.41) is 9.36. The monoisotopic (exact) mass is 388 g/mol. The molecule has 0 spiro atoms. The first-order chi connectivity index (χ1) is 14.0. The lowest BCUT2D eigenvalue weighted by atomic mass is 10.1. The van der Waals surface area contributed by atoms with Crippen LogP contribution in [0.1, 0.15) is 24.5 Å². The minimum absolute atomic E-state index is 0.0781. The second-order valence-electron chi connectivity index (χ2n) is 7.23. The van der Waals surface area contributed by atoms with E-state index in [4.69, 9.17) is 9.72 Å². The Balaban J connectivity index is 1.62. The van der Waals surface area contributed by atoms with Crippen LogP contribution in [-0.4, -0.2) is 27.3 Å². The number of rotatable bonds is 6. The van der Waals surface area contributed by atoms with Crippen molar-refractivity contribution in [3.63, 3.8) is 0 Å². The van der Waals surface area contributed by atoms with Gasteiger partial charge in [0.2, 0.25) is 0 Å². The molecule has 0 aliphatic rings. The van der Waals surface area contributed by atoms with Crippen LogP contribution in [0.3, 0.4) is 0 Å². The van der Waals surface area contributed by atoms with Crippen molar-refractivity contribution in [3.8, 4) is 5.75 Å². The van der Waals surface area contributed by atoms with Gasteiger partial charge in [-0.2, -0.15) is 5.10 Å². The maximum atomic E-state index is 12.5. The summed E-state index contributed by atoms with van der Waals surface area (Å²) in [4.78, 5) is 17.3. The number of pyridine rings is 1. The number of hydrogen-bond donors (Lipinski definition) is 1. The number of anilines is 1. The number of hydrogen-bond acceptors (Lipinski definition) is 4. The zero-order chi connectivity index (χ0) is 20.4. The Labute approximate surface area is 169 Å². The van der Waals surface area contributed by atoms with Crippen LogP contribution < -0.4 is 10.1 Å². The third-order valence-corrected chi connectivity index (χ3v) is 4.83. The molecule has 2 heterocycles. The van der Waals surface area contributed by atoms with Crippen LogP contribution in [0.2, 0.25) is 0 Å². The van der Waals surface area contributed by atoms with Crippen molar-refractivity contribution >= 4 is 33.7 Å². The van der Waals surface area contributed by atoms with Gasteiger partial charge < -0.3 is 10.1 Å².